The molecule has 1 saturated heterocycles. The van der Waals surface area contributed by atoms with Crippen molar-refractivity contribution in [3.63, 3.8) is 0 Å². The predicted octanol–water partition coefficient (Wildman–Crippen LogP) is 2.47. The molecule has 3 heterocycles. The normalized spacial score (nSPS) is 20.2. The maximum absolute atomic E-state index is 5.94. The van der Waals surface area contributed by atoms with E-state index >= 15 is 0 Å². The summed E-state index contributed by atoms with van der Waals surface area (Å²) in [5, 5.41) is 12.2. The summed E-state index contributed by atoms with van der Waals surface area (Å²) in [6, 6.07) is 10.3. The lowest BCUT2D eigenvalue weighted by Gasteiger charge is -2.18. The van der Waals surface area contributed by atoms with Crippen molar-refractivity contribution >= 4 is 0 Å². The molecular formula is C19H23N5O. The van der Waals surface area contributed by atoms with Crippen molar-refractivity contribution in [3.05, 3.63) is 66.2 Å². The van der Waals surface area contributed by atoms with E-state index in [4.69, 9.17) is 4.74 Å². The third-order valence-electron chi connectivity index (χ3n) is 4.73. The van der Waals surface area contributed by atoms with Gasteiger partial charge in [0.15, 0.2) is 0 Å². The van der Waals surface area contributed by atoms with Crippen molar-refractivity contribution in [1.82, 2.24) is 24.9 Å². The lowest BCUT2D eigenvalue weighted by atomic mass is 9.97. The van der Waals surface area contributed by atoms with Crippen molar-refractivity contribution in [1.29, 1.82) is 0 Å². The largest absolute Gasteiger partial charge is 0.373 e. The van der Waals surface area contributed by atoms with Gasteiger partial charge in [-0.3, -0.25) is 4.68 Å². The first kappa shape index (κ1) is 16.1. The van der Waals surface area contributed by atoms with Gasteiger partial charge >= 0.3 is 0 Å². The molecule has 2 atom stereocenters. The molecule has 4 rings (SSSR count). The highest BCUT2D eigenvalue weighted by molar-refractivity contribution is 5.40. The van der Waals surface area contributed by atoms with Crippen LogP contribution in [0.4, 0.5) is 0 Å². The summed E-state index contributed by atoms with van der Waals surface area (Å²) in [7, 11) is 1.94. The third kappa shape index (κ3) is 3.50. The van der Waals surface area contributed by atoms with Gasteiger partial charge in [0.05, 0.1) is 18.0 Å². The molecule has 6 heteroatoms. The van der Waals surface area contributed by atoms with Gasteiger partial charge in [-0.2, -0.15) is 10.2 Å². The minimum Gasteiger partial charge on any atom is -0.373 e. The lowest BCUT2D eigenvalue weighted by molar-refractivity contribution is 0.0904. The van der Waals surface area contributed by atoms with Gasteiger partial charge in [-0.1, -0.05) is 18.2 Å². The number of benzene rings is 1. The summed E-state index contributed by atoms with van der Waals surface area (Å²) >= 11 is 0. The Labute approximate surface area is 147 Å². The Morgan fingerprint density at radius 2 is 2.16 bits per heavy atom. The Hall–Kier alpha value is -2.44. The lowest BCUT2D eigenvalue weighted by Crippen LogP contribution is -2.25. The number of hydrogen-bond acceptors (Lipinski definition) is 4. The van der Waals surface area contributed by atoms with Crippen LogP contribution in [0.25, 0.3) is 5.69 Å². The van der Waals surface area contributed by atoms with Crippen LogP contribution in [0.5, 0.6) is 0 Å². The van der Waals surface area contributed by atoms with Crippen molar-refractivity contribution in [2.24, 2.45) is 13.0 Å². The number of hydrogen-bond donors (Lipinski definition) is 1. The molecule has 1 aliphatic rings. The summed E-state index contributed by atoms with van der Waals surface area (Å²) in [4.78, 5) is 0. The minimum absolute atomic E-state index is 0.141. The van der Waals surface area contributed by atoms with Crippen LogP contribution in [0.2, 0.25) is 0 Å². The monoisotopic (exact) mass is 337 g/mol. The zero-order chi connectivity index (χ0) is 17.1. The van der Waals surface area contributed by atoms with Gasteiger partial charge in [0.25, 0.3) is 0 Å². The highest BCUT2D eigenvalue weighted by Gasteiger charge is 2.30. The number of ether oxygens (including phenoxy) is 1. The molecule has 2 aromatic heterocycles. The van der Waals surface area contributed by atoms with Crippen LogP contribution in [0.15, 0.2) is 55.1 Å². The van der Waals surface area contributed by atoms with E-state index in [9.17, 15) is 0 Å². The Morgan fingerprint density at radius 1 is 1.24 bits per heavy atom. The van der Waals surface area contributed by atoms with Crippen LogP contribution < -0.4 is 5.32 Å². The first-order chi connectivity index (χ1) is 12.3. The summed E-state index contributed by atoms with van der Waals surface area (Å²) in [6.45, 7) is 2.55. The van der Waals surface area contributed by atoms with Crippen molar-refractivity contribution in [2.45, 2.75) is 19.1 Å². The second kappa shape index (κ2) is 7.21. The van der Waals surface area contributed by atoms with Gasteiger partial charge in [-0.15, -0.1) is 0 Å². The van der Waals surface area contributed by atoms with Crippen LogP contribution in [0, 0.1) is 5.92 Å². The molecule has 0 unspecified atom stereocenters. The third-order valence-corrected chi connectivity index (χ3v) is 4.73. The smallest absolute Gasteiger partial charge is 0.0896 e. The quantitative estimate of drug-likeness (QED) is 0.751. The molecule has 1 N–H and O–H groups in total. The van der Waals surface area contributed by atoms with Crippen LogP contribution >= 0.6 is 0 Å². The molecule has 0 saturated carbocycles. The molecule has 0 radical (unpaired) electrons. The maximum atomic E-state index is 5.94. The van der Waals surface area contributed by atoms with E-state index in [0.29, 0.717) is 5.92 Å². The molecule has 0 bridgehead atoms. The number of nitrogens with zero attached hydrogens (tertiary/aromatic N) is 4. The number of aromatic nitrogens is 4. The average molecular weight is 337 g/mol. The molecule has 0 aliphatic carbocycles. The topological polar surface area (TPSA) is 56.9 Å². The van der Waals surface area contributed by atoms with Crippen LogP contribution in [-0.2, 0) is 18.3 Å². The van der Waals surface area contributed by atoms with E-state index in [1.807, 2.05) is 40.9 Å². The molecule has 0 amide bonds. The van der Waals surface area contributed by atoms with Gasteiger partial charge in [0.1, 0.15) is 0 Å². The van der Waals surface area contributed by atoms with Gasteiger partial charge in [-0.05, 0) is 24.1 Å². The highest BCUT2D eigenvalue weighted by atomic mass is 16.5. The van der Waals surface area contributed by atoms with Gasteiger partial charge in [0.2, 0.25) is 0 Å². The van der Waals surface area contributed by atoms with Crippen LogP contribution in [-0.4, -0.2) is 32.7 Å². The Bertz CT molecular complexity index is 811. The summed E-state index contributed by atoms with van der Waals surface area (Å²) in [5.74, 6) is 0.473. The fourth-order valence-corrected chi connectivity index (χ4v) is 3.49. The van der Waals surface area contributed by atoms with Crippen molar-refractivity contribution < 1.29 is 4.74 Å². The number of para-hydroxylation sites is 1. The number of rotatable bonds is 6. The second-order valence-electron chi connectivity index (χ2n) is 6.50. The fraction of sp³-hybridized carbons (Fsp3) is 0.368. The molecular weight excluding hydrogens is 314 g/mol. The summed E-state index contributed by atoms with van der Waals surface area (Å²) in [6.07, 6.45) is 8.96. The van der Waals surface area contributed by atoms with E-state index in [1.165, 1.54) is 11.1 Å². The van der Waals surface area contributed by atoms with E-state index in [0.717, 1.165) is 31.8 Å². The Morgan fingerprint density at radius 3 is 2.96 bits per heavy atom. The zero-order valence-electron chi connectivity index (χ0n) is 14.4. The summed E-state index contributed by atoms with van der Waals surface area (Å²) < 4.78 is 9.69. The number of nitrogens with one attached hydrogen (secondary N) is 1. The molecule has 1 aromatic carbocycles. The van der Waals surface area contributed by atoms with Gasteiger partial charge < -0.3 is 10.1 Å². The first-order valence-corrected chi connectivity index (χ1v) is 8.70. The molecule has 3 aromatic rings. The molecule has 1 fully saturated rings. The van der Waals surface area contributed by atoms with Crippen molar-refractivity contribution in [3.8, 4) is 5.69 Å². The molecule has 0 spiro atoms. The average Bonchev–Trinajstić information content (AvgIpc) is 3.36. The minimum atomic E-state index is 0.141. The standard InChI is InChI=1S/C19H23N5O/c1-23-14-17(13-22-23)19-16(7-10-25-19)12-20-11-15-5-2-3-6-18(15)24-9-4-8-21-24/h2-6,8-9,13-14,16,19-20H,7,10-12H2,1H3/t16-,19+/m1/s1. The number of aryl methyl sites for hydroxylation is 1. The second-order valence-corrected chi connectivity index (χ2v) is 6.50. The van der Waals surface area contributed by atoms with Crippen LogP contribution in [0.3, 0.4) is 0 Å². The molecule has 1 aliphatic heterocycles. The highest BCUT2D eigenvalue weighted by Crippen LogP contribution is 2.33. The summed E-state index contributed by atoms with van der Waals surface area (Å²) in [5.41, 5.74) is 3.53. The predicted molar refractivity (Wildman–Crippen MR) is 95.3 cm³/mol. The maximum Gasteiger partial charge on any atom is 0.0896 e. The Kier molecular flexibility index (Phi) is 4.63. The zero-order valence-corrected chi connectivity index (χ0v) is 14.4. The van der Waals surface area contributed by atoms with Gasteiger partial charge in [0, 0.05) is 56.8 Å². The molecule has 6 nitrogen and oxygen atoms in total. The first-order valence-electron chi connectivity index (χ1n) is 8.70. The fourth-order valence-electron chi connectivity index (χ4n) is 3.49. The van der Waals surface area contributed by atoms with Crippen molar-refractivity contribution in [2.75, 3.05) is 13.2 Å². The van der Waals surface area contributed by atoms with E-state index in [1.54, 1.807) is 6.20 Å². The molecule has 130 valence electrons. The van der Waals surface area contributed by atoms with Crippen LogP contribution in [0.1, 0.15) is 23.7 Å². The molecule has 25 heavy (non-hydrogen) atoms. The van der Waals surface area contributed by atoms with Gasteiger partial charge in [-0.25, -0.2) is 4.68 Å². The van der Waals surface area contributed by atoms with E-state index in [-0.39, 0.29) is 6.10 Å². The van der Waals surface area contributed by atoms with E-state index < -0.39 is 0 Å². The SMILES string of the molecule is Cn1cc([C@H]2OCC[C@@H]2CNCc2ccccc2-n2cccn2)cn1. The van der Waals surface area contributed by atoms with E-state index in [2.05, 4.69) is 39.9 Å². The Balaban J connectivity index is 1.40.